The molecule has 4 saturated carbocycles. The lowest BCUT2D eigenvalue weighted by Gasteiger charge is -2.62. The number of aromatic nitrogens is 1. The smallest absolute Gasteiger partial charge is 0.339 e. The average Bonchev–Trinajstić information content (AvgIpc) is 1.52. The third-order valence-electron chi connectivity index (χ3n) is 24.5. The number of carbonyl (C=O) groups is 7. The Morgan fingerprint density at radius 1 is 0.807 bits per heavy atom. The zero-order valence-electron chi connectivity index (χ0n) is 66.8. The van der Waals surface area contributed by atoms with Crippen LogP contribution in [0, 0.1) is 34.5 Å². The summed E-state index contributed by atoms with van der Waals surface area (Å²) < 4.78 is 47.0. The molecule has 114 heavy (non-hydrogen) atoms. The number of hydrogen-bond acceptors (Lipinski definition) is 19. The second-order valence-corrected chi connectivity index (χ2v) is 34.8. The SMILES string of the molecule is C=CC[N+]1([C@H]2C[C@H]3[C@@H]4CC[C@H]5C[C@H](O)[C@@H](N6CCOCC6)C[C@]5(C)[C@H]4CC[C@]3(C)[C@H]2OC(C)=O)CCCC1.CCCN(CCC)CCc1cccc2c1CC(=O)N2.CN(CCOc1ccc(CC2SC(=O)NC2=O)cc1)c1ccccn1.CS(=O)(=O)c1ccc(C2=C(c3ccccc3)C(=O)OC2)cc1.Cl.O=C(O)/C=C\C(=O)O.[Br-]. The summed E-state index contributed by atoms with van der Waals surface area (Å²) in [5.74, 6) is 1.26. The number of rotatable bonds is 24. The fraction of sp³-hybridized carbons (Fsp3) is 0.517. The number of aliphatic carboxylic acids is 2. The number of likely N-dealkylation sites (tertiary alicyclic amines) is 1. The number of aliphatic hydroxyl groups excluding tert-OH is 1. The molecule has 5 N–H and O–H groups in total. The first-order valence-corrected chi connectivity index (χ1v) is 42.5. The largest absolute Gasteiger partial charge is 1.00 e. The van der Waals surface area contributed by atoms with Crippen LogP contribution in [0.25, 0.3) is 11.1 Å². The number of amides is 3. The number of anilines is 2. The van der Waals surface area contributed by atoms with E-state index in [1.54, 1.807) is 37.4 Å². The highest BCUT2D eigenvalue weighted by atomic mass is 79.9. The maximum atomic E-state index is 12.5. The molecule has 0 radical (unpaired) electrons. The molecule has 23 nitrogen and oxygen atoms in total. The number of esters is 2. The van der Waals surface area contributed by atoms with Crippen LogP contribution in [-0.2, 0) is 72.1 Å². The van der Waals surface area contributed by atoms with E-state index in [4.69, 9.17) is 29.2 Å². The van der Waals surface area contributed by atoms with Gasteiger partial charge in [-0.15, -0.1) is 12.4 Å². The van der Waals surface area contributed by atoms with E-state index in [1.165, 1.54) is 94.9 Å². The van der Waals surface area contributed by atoms with Crippen molar-refractivity contribution >= 4 is 97.6 Å². The topological polar surface area (TPSA) is 298 Å². The number of benzene rings is 4. The second kappa shape index (κ2) is 42.4. The lowest BCUT2D eigenvalue weighted by Crippen LogP contribution is -3.00. The van der Waals surface area contributed by atoms with Gasteiger partial charge in [0.2, 0.25) is 11.8 Å². The van der Waals surface area contributed by atoms with Crippen LogP contribution in [0.3, 0.4) is 0 Å². The molecule has 620 valence electrons. The number of fused-ring (bicyclic) bond motifs is 6. The van der Waals surface area contributed by atoms with E-state index in [-0.39, 0.29) is 104 Å². The maximum absolute atomic E-state index is 12.5. The summed E-state index contributed by atoms with van der Waals surface area (Å²) in [7, 11) is -1.26. The van der Waals surface area contributed by atoms with E-state index in [9.17, 15) is 47.1 Å². The summed E-state index contributed by atoms with van der Waals surface area (Å²) >= 11 is 1.05. The van der Waals surface area contributed by atoms with Crippen molar-refractivity contribution in [2.75, 3.05) is 109 Å². The van der Waals surface area contributed by atoms with Gasteiger partial charge in [-0.3, -0.25) is 29.4 Å². The molecule has 3 saturated heterocycles. The zero-order chi connectivity index (χ0) is 80.3. The number of ether oxygens (including phenoxy) is 4. The summed E-state index contributed by atoms with van der Waals surface area (Å²) in [6, 6.07) is 36.1. The van der Waals surface area contributed by atoms with E-state index in [2.05, 4.69) is 71.8 Å². The molecular weight excluding hydrogens is 1580 g/mol. The first kappa shape index (κ1) is 91.7. The number of carboxylic acid groups (broad SMARTS) is 2. The number of nitrogens with one attached hydrogen (secondary N) is 2. The molecule has 0 bridgehead atoms. The van der Waals surface area contributed by atoms with Gasteiger partial charge in [0.05, 0.1) is 67.6 Å². The lowest BCUT2D eigenvalue weighted by atomic mass is 9.44. The van der Waals surface area contributed by atoms with Crippen LogP contribution < -0.4 is 37.3 Å². The van der Waals surface area contributed by atoms with Gasteiger partial charge in [-0.2, -0.15) is 0 Å². The number of carbonyl (C=O) groups excluding carboxylic acids is 5. The molecule has 3 amide bonds. The van der Waals surface area contributed by atoms with E-state index in [1.807, 2.05) is 96.9 Å². The van der Waals surface area contributed by atoms with E-state index in [0.717, 1.165) is 127 Å². The van der Waals surface area contributed by atoms with Crippen LogP contribution in [0.15, 0.2) is 151 Å². The third-order valence-corrected chi connectivity index (χ3v) is 26.6. The summed E-state index contributed by atoms with van der Waals surface area (Å²) in [6.07, 6.45) is 21.2. The Balaban J connectivity index is 0.000000189. The number of sulfone groups is 1. The second-order valence-electron chi connectivity index (χ2n) is 31.7. The summed E-state index contributed by atoms with van der Waals surface area (Å²) in [4.78, 5) is 89.5. The number of morpholine rings is 1. The highest BCUT2D eigenvalue weighted by Gasteiger charge is 2.68. The number of cyclic esters (lactones) is 1. The molecule has 27 heteroatoms. The van der Waals surface area contributed by atoms with Crippen LogP contribution in [0.1, 0.15) is 133 Å². The van der Waals surface area contributed by atoms with Gasteiger partial charge in [-0.25, -0.2) is 27.8 Å². The molecule has 0 spiro atoms. The van der Waals surface area contributed by atoms with Gasteiger partial charge < -0.3 is 70.8 Å². The minimum Gasteiger partial charge on any atom is -1.00 e. The number of carboxylic acids is 2. The molecule has 9 aliphatic rings. The van der Waals surface area contributed by atoms with Crippen LogP contribution in [0.2, 0.25) is 0 Å². The van der Waals surface area contributed by atoms with Crippen molar-refractivity contribution in [1.29, 1.82) is 0 Å². The van der Waals surface area contributed by atoms with Gasteiger partial charge >= 0.3 is 23.9 Å². The van der Waals surface area contributed by atoms with Gasteiger partial charge in [0.25, 0.3) is 5.24 Å². The average molecular weight is 1690 g/mol. The Hall–Kier alpha value is -7.79. The van der Waals surface area contributed by atoms with E-state index in [0.29, 0.717) is 66.9 Å². The van der Waals surface area contributed by atoms with Gasteiger partial charge in [0.15, 0.2) is 15.9 Å². The number of thioether (sulfide) groups is 1. The third kappa shape index (κ3) is 23.3. The van der Waals surface area contributed by atoms with Crippen molar-refractivity contribution in [3.8, 4) is 5.75 Å². The normalized spacial score (nSPS) is 25.7. The molecule has 4 aliphatic carbocycles. The standard InChI is InChI=1S/C32H53N2O4.C18H19N3O3S.C17H14O4S.C16H24N2O.C4H4O4.BrH.ClH/c1-5-14-34(15-6-7-16-34)28-20-26-24-9-8-23-19-29(36)27(33-12-17-37-18-13-33)21-32(23,4)25(24)10-11-31(26,3)30(28)38-22(2)35;1-21(16-4-2-3-9-19-16)10-11-24-14-7-5-13(6-8-14)12-15-17(22)20-18(23)25-15;1-22(19,20)14-9-7-12(8-10-14)15-11-21-17(18)16(15)13-5-3-2-4-6-13;1-3-9-18(10-4-2)11-8-13-6-5-7-15-14(13)12-16(19)17-15;5-3(6)1-2-4(7)8;;/h5,23-30,36H,1,6-21H2,2-4H3;2-9,15H,10-12H2,1H3,(H,20,22,23);2-10H,11H2,1H3;5-7H,3-4,8-12H2,1-2H3,(H,17,19);1-2H,(H,5,6)(H,7,8);2*1H/q+1;;;;;;/p-1/b;;;;2-1-;;/t23-,24+,25-,26-,27-,28-,29-,30-,31-,32-;;;;;;/m0....../s1. The van der Waals surface area contributed by atoms with E-state index < -0.39 is 21.8 Å². The number of likely N-dealkylation sites (N-methyl/N-ethyl adjacent to an activating group) is 1. The molecule has 11 atom stereocenters. The molecule has 14 rings (SSSR count). The Bertz CT molecular complexity index is 4240. The van der Waals surface area contributed by atoms with Crippen molar-refractivity contribution in [2.24, 2.45) is 34.5 Å². The minimum atomic E-state index is -3.23. The zero-order valence-corrected chi connectivity index (χ0v) is 70.8. The van der Waals surface area contributed by atoms with Crippen LogP contribution in [0.4, 0.5) is 16.3 Å². The Morgan fingerprint density at radius 2 is 1.48 bits per heavy atom. The van der Waals surface area contributed by atoms with Crippen molar-refractivity contribution in [3.05, 3.63) is 174 Å². The van der Waals surface area contributed by atoms with Gasteiger partial charge in [-0.05, 0) is 183 Å². The number of halogens is 2. The molecule has 6 heterocycles. The Labute approximate surface area is 693 Å². The predicted octanol–water partition coefficient (Wildman–Crippen LogP) is 9.44. The highest BCUT2D eigenvalue weighted by molar-refractivity contribution is 8.15. The molecular formula is C87H115BrClN7O16S2. The monoisotopic (exact) mass is 1690 g/mol. The van der Waals surface area contributed by atoms with Crippen LogP contribution in [-0.4, -0.2) is 212 Å². The number of quaternary nitrogens is 1. The molecule has 4 aromatic carbocycles. The number of nitrogens with zero attached hydrogens (tertiary/aromatic N) is 5. The lowest BCUT2D eigenvalue weighted by molar-refractivity contribution is -0.937. The van der Waals surface area contributed by atoms with Gasteiger partial charge in [-0.1, -0.05) is 119 Å². The minimum absolute atomic E-state index is 0. The molecule has 5 aromatic rings. The number of aliphatic hydroxyl groups is 1. The molecule has 1 unspecified atom stereocenters. The number of imide groups is 1. The van der Waals surface area contributed by atoms with Crippen LogP contribution >= 0.6 is 24.2 Å². The van der Waals surface area contributed by atoms with Crippen molar-refractivity contribution < 1.29 is 97.7 Å². The summed E-state index contributed by atoms with van der Waals surface area (Å²) in [5.41, 5.74) is 7.79. The van der Waals surface area contributed by atoms with Gasteiger partial charge in [0, 0.05) is 100 Å². The van der Waals surface area contributed by atoms with E-state index >= 15 is 0 Å². The fourth-order valence-electron chi connectivity index (χ4n) is 19.1. The summed E-state index contributed by atoms with van der Waals surface area (Å²) in [6.45, 7) is 27.1. The fourth-order valence-corrected chi connectivity index (χ4v) is 20.6. The first-order chi connectivity index (χ1) is 53.7. The molecule has 7 fully saturated rings. The highest BCUT2D eigenvalue weighted by Crippen LogP contribution is 2.68. The number of pyridine rings is 1. The maximum Gasteiger partial charge on any atom is 0.339 e. The van der Waals surface area contributed by atoms with Crippen molar-refractivity contribution in [2.45, 2.75) is 159 Å². The Morgan fingerprint density at radius 3 is 2.09 bits per heavy atom. The van der Waals surface area contributed by atoms with Gasteiger partial charge in [0.1, 0.15) is 30.8 Å². The van der Waals surface area contributed by atoms with Crippen LogP contribution in [0.5, 0.6) is 5.75 Å². The van der Waals surface area contributed by atoms with Crippen molar-refractivity contribution in [3.63, 3.8) is 0 Å². The predicted molar refractivity (Wildman–Crippen MR) is 441 cm³/mol. The Kier molecular flexibility index (Phi) is 34.1. The van der Waals surface area contributed by atoms with Crippen molar-refractivity contribution in [1.82, 2.24) is 20.1 Å². The number of hydrogen-bond donors (Lipinski definition) is 5. The molecule has 5 aliphatic heterocycles. The first-order valence-electron chi connectivity index (χ1n) is 39.7. The molecule has 1 aromatic heterocycles. The summed E-state index contributed by atoms with van der Waals surface area (Å²) in [5, 5.41) is 31.5. The quantitative estimate of drug-likeness (QED) is 0.0166.